The summed E-state index contributed by atoms with van der Waals surface area (Å²) < 4.78 is 0. The van der Waals surface area contributed by atoms with E-state index in [2.05, 4.69) is 0 Å². The van der Waals surface area contributed by atoms with Crippen LogP contribution in [0.2, 0.25) is 0 Å². The molecule has 0 aromatic carbocycles. The Morgan fingerprint density at radius 2 is 1.90 bits per heavy atom. The van der Waals surface area contributed by atoms with Crippen molar-refractivity contribution in [1.29, 1.82) is 0 Å². The molecule has 6 heteroatoms. The fourth-order valence-electron chi connectivity index (χ4n) is 4.07. The number of amides is 2. The van der Waals surface area contributed by atoms with Crippen molar-refractivity contribution in [2.24, 2.45) is 11.7 Å². The molecule has 2 unspecified atom stereocenters. The predicted octanol–water partition coefficient (Wildman–Crippen LogP) is 1.15. The van der Waals surface area contributed by atoms with Gasteiger partial charge in [-0.3, -0.25) is 9.59 Å². The summed E-state index contributed by atoms with van der Waals surface area (Å²) in [6.07, 6.45) is 7.12. The van der Waals surface area contributed by atoms with Crippen molar-refractivity contribution >= 4 is 24.2 Å². The van der Waals surface area contributed by atoms with Crippen LogP contribution < -0.4 is 5.73 Å². The molecule has 2 aliphatic heterocycles. The van der Waals surface area contributed by atoms with E-state index in [4.69, 9.17) is 5.73 Å². The van der Waals surface area contributed by atoms with Gasteiger partial charge in [0.2, 0.25) is 11.8 Å². The summed E-state index contributed by atoms with van der Waals surface area (Å²) >= 11 is 0. The van der Waals surface area contributed by atoms with Crippen LogP contribution in [0.1, 0.15) is 44.9 Å². The van der Waals surface area contributed by atoms with Crippen LogP contribution in [0.4, 0.5) is 0 Å². The van der Waals surface area contributed by atoms with Crippen LogP contribution in [0, 0.1) is 5.92 Å². The molecule has 2 N–H and O–H groups in total. The molecule has 2 saturated heterocycles. The molecular formula is C15H26ClN3O2. The lowest BCUT2D eigenvalue weighted by Gasteiger charge is -2.27. The molecule has 3 fully saturated rings. The smallest absolute Gasteiger partial charge is 0.228 e. The maximum Gasteiger partial charge on any atom is 0.228 e. The van der Waals surface area contributed by atoms with E-state index >= 15 is 0 Å². The first-order valence-corrected chi connectivity index (χ1v) is 8.00. The Balaban J connectivity index is 0.00000161. The van der Waals surface area contributed by atoms with Gasteiger partial charge in [-0.05, 0) is 25.7 Å². The standard InChI is InChI=1S/C15H25N3O2.ClH/c16-9-13-6-3-7-17(13)15(20)11-8-14(19)18(10-11)12-4-1-2-5-12;/h11-13H,1-10,16H2;1H. The van der Waals surface area contributed by atoms with Crippen molar-refractivity contribution in [3.05, 3.63) is 0 Å². The zero-order chi connectivity index (χ0) is 14.1. The van der Waals surface area contributed by atoms with Gasteiger partial charge >= 0.3 is 0 Å². The quantitative estimate of drug-likeness (QED) is 0.849. The maximum absolute atomic E-state index is 12.6. The van der Waals surface area contributed by atoms with Gasteiger partial charge in [-0.25, -0.2) is 0 Å². The second-order valence-electron chi connectivity index (χ2n) is 6.45. The highest BCUT2D eigenvalue weighted by Crippen LogP contribution is 2.31. The van der Waals surface area contributed by atoms with Crippen molar-refractivity contribution in [3.8, 4) is 0 Å². The number of carbonyl (C=O) groups is 2. The highest BCUT2D eigenvalue weighted by molar-refractivity contribution is 5.89. The number of likely N-dealkylation sites (tertiary alicyclic amines) is 2. The Labute approximate surface area is 132 Å². The zero-order valence-electron chi connectivity index (χ0n) is 12.5. The number of halogens is 1. The second kappa shape index (κ2) is 6.97. The van der Waals surface area contributed by atoms with E-state index in [1.807, 2.05) is 9.80 Å². The molecule has 21 heavy (non-hydrogen) atoms. The van der Waals surface area contributed by atoms with Crippen molar-refractivity contribution in [1.82, 2.24) is 9.80 Å². The van der Waals surface area contributed by atoms with Crippen LogP contribution in [0.5, 0.6) is 0 Å². The van der Waals surface area contributed by atoms with Gasteiger partial charge in [0.15, 0.2) is 0 Å². The maximum atomic E-state index is 12.6. The van der Waals surface area contributed by atoms with E-state index in [9.17, 15) is 9.59 Å². The molecular weight excluding hydrogens is 290 g/mol. The first-order chi connectivity index (χ1) is 9.70. The Kier molecular flexibility index (Phi) is 5.49. The number of nitrogens with two attached hydrogens (primary N) is 1. The highest BCUT2D eigenvalue weighted by Gasteiger charge is 2.41. The molecule has 3 rings (SSSR count). The number of hydrogen-bond acceptors (Lipinski definition) is 3. The molecule has 0 radical (unpaired) electrons. The van der Waals surface area contributed by atoms with Gasteiger partial charge in [0.05, 0.1) is 5.92 Å². The third-order valence-electron chi connectivity index (χ3n) is 5.21. The summed E-state index contributed by atoms with van der Waals surface area (Å²) in [7, 11) is 0. The zero-order valence-corrected chi connectivity index (χ0v) is 13.3. The third-order valence-corrected chi connectivity index (χ3v) is 5.21. The average molecular weight is 316 g/mol. The minimum absolute atomic E-state index is 0. The lowest BCUT2D eigenvalue weighted by molar-refractivity contribution is -0.136. The summed E-state index contributed by atoms with van der Waals surface area (Å²) in [5, 5.41) is 0. The van der Waals surface area contributed by atoms with Crippen molar-refractivity contribution in [2.45, 2.75) is 57.0 Å². The molecule has 5 nitrogen and oxygen atoms in total. The van der Waals surface area contributed by atoms with E-state index in [0.29, 0.717) is 25.6 Å². The average Bonchev–Trinajstić information content (AvgIpc) is 3.17. The summed E-state index contributed by atoms with van der Waals surface area (Å²) in [4.78, 5) is 28.7. The Bertz CT molecular complexity index is 398. The molecule has 0 spiro atoms. The summed E-state index contributed by atoms with van der Waals surface area (Å²) in [5.74, 6) is 0.209. The number of rotatable bonds is 3. The fraction of sp³-hybridized carbons (Fsp3) is 0.867. The van der Waals surface area contributed by atoms with Crippen LogP contribution in [0.3, 0.4) is 0 Å². The highest BCUT2D eigenvalue weighted by atomic mass is 35.5. The normalized spacial score (nSPS) is 30.0. The van der Waals surface area contributed by atoms with Gasteiger partial charge in [0.1, 0.15) is 0 Å². The first-order valence-electron chi connectivity index (χ1n) is 8.00. The monoisotopic (exact) mass is 315 g/mol. The molecule has 2 amide bonds. The van der Waals surface area contributed by atoms with E-state index < -0.39 is 0 Å². The Hall–Kier alpha value is -0.810. The topological polar surface area (TPSA) is 66.6 Å². The molecule has 120 valence electrons. The largest absolute Gasteiger partial charge is 0.339 e. The Morgan fingerprint density at radius 1 is 1.19 bits per heavy atom. The van der Waals surface area contributed by atoms with E-state index in [1.165, 1.54) is 12.8 Å². The first kappa shape index (κ1) is 16.6. The third kappa shape index (κ3) is 3.19. The number of carbonyl (C=O) groups excluding carboxylic acids is 2. The molecule has 3 aliphatic rings. The predicted molar refractivity (Wildman–Crippen MR) is 83.1 cm³/mol. The van der Waals surface area contributed by atoms with Crippen LogP contribution in [-0.4, -0.2) is 53.3 Å². The summed E-state index contributed by atoms with van der Waals surface area (Å²) in [5.41, 5.74) is 5.74. The van der Waals surface area contributed by atoms with Crippen LogP contribution in [0.25, 0.3) is 0 Å². The van der Waals surface area contributed by atoms with Gasteiger partial charge in [0, 0.05) is 38.1 Å². The van der Waals surface area contributed by atoms with Crippen molar-refractivity contribution in [2.75, 3.05) is 19.6 Å². The van der Waals surface area contributed by atoms with Crippen molar-refractivity contribution < 1.29 is 9.59 Å². The van der Waals surface area contributed by atoms with Gasteiger partial charge < -0.3 is 15.5 Å². The molecule has 1 aliphatic carbocycles. The van der Waals surface area contributed by atoms with Crippen LogP contribution in [0.15, 0.2) is 0 Å². The summed E-state index contributed by atoms with van der Waals surface area (Å²) in [6.45, 7) is 1.99. The van der Waals surface area contributed by atoms with E-state index in [1.54, 1.807) is 0 Å². The fourth-order valence-corrected chi connectivity index (χ4v) is 4.07. The number of hydrogen-bond donors (Lipinski definition) is 1. The van der Waals surface area contributed by atoms with Crippen LogP contribution in [-0.2, 0) is 9.59 Å². The van der Waals surface area contributed by atoms with Gasteiger partial charge in [-0.2, -0.15) is 0 Å². The minimum Gasteiger partial charge on any atom is -0.339 e. The summed E-state index contributed by atoms with van der Waals surface area (Å²) in [6, 6.07) is 0.585. The molecule has 2 atom stereocenters. The lowest BCUT2D eigenvalue weighted by atomic mass is 10.1. The SMILES string of the molecule is Cl.NCC1CCCN1C(=O)C1CC(=O)N(C2CCCC2)C1. The molecule has 0 bridgehead atoms. The Morgan fingerprint density at radius 3 is 2.57 bits per heavy atom. The van der Waals surface area contributed by atoms with Gasteiger partial charge in [-0.15, -0.1) is 12.4 Å². The van der Waals surface area contributed by atoms with E-state index in [0.717, 1.165) is 32.2 Å². The van der Waals surface area contributed by atoms with Crippen molar-refractivity contribution in [3.63, 3.8) is 0 Å². The second-order valence-corrected chi connectivity index (χ2v) is 6.45. The van der Waals surface area contributed by atoms with E-state index in [-0.39, 0.29) is 36.2 Å². The molecule has 2 heterocycles. The molecule has 1 saturated carbocycles. The lowest BCUT2D eigenvalue weighted by Crippen LogP contribution is -2.44. The van der Waals surface area contributed by atoms with Gasteiger partial charge in [0.25, 0.3) is 0 Å². The number of nitrogens with zero attached hydrogens (tertiary/aromatic N) is 2. The minimum atomic E-state index is -0.129. The molecule has 0 aromatic heterocycles. The molecule has 0 aromatic rings. The van der Waals surface area contributed by atoms with Crippen LogP contribution >= 0.6 is 12.4 Å². The van der Waals surface area contributed by atoms with Gasteiger partial charge in [-0.1, -0.05) is 12.8 Å².